The summed E-state index contributed by atoms with van der Waals surface area (Å²) in [5, 5.41) is 3.40. The molecule has 3 aliphatic heterocycles. The minimum Gasteiger partial charge on any atom is -0.340 e. The van der Waals surface area contributed by atoms with Crippen LogP contribution in [0.5, 0.6) is 0 Å². The molecule has 21 heavy (non-hydrogen) atoms. The van der Waals surface area contributed by atoms with Gasteiger partial charge >= 0.3 is 0 Å². The van der Waals surface area contributed by atoms with Crippen LogP contribution in [0.15, 0.2) is 0 Å². The summed E-state index contributed by atoms with van der Waals surface area (Å²) in [7, 11) is 0. The molecule has 0 spiro atoms. The van der Waals surface area contributed by atoms with Gasteiger partial charge in [0.1, 0.15) is 0 Å². The van der Waals surface area contributed by atoms with Crippen molar-refractivity contribution in [3.05, 3.63) is 0 Å². The molecule has 0 aromatic carbocycles. The van der Waals surface area contributed by atoms with Gasteiger partial charge in [0.05, 0.1) is 6.54 Å². The largest absolute Gasteiger partial charge is 0.340 e. The molecule has 0 saturated carbocycles. The molecular weight excluding hydrogens is 264 g/mol. The number of carbonyl (C=O) groups is 1. The monoisotopic (exact) mass is 294 g/mol. The highest BCUT2D eigenvalue weighted by Gasteiger charge is 2.29. The Hall–Kier alpha value is -0.650. The highest BCUT2D eigenvalue weighted by atomic mass is 16.2. The van der Waals surface area contributed by atoms with Gasteiger partial charge in [0.25, 0.3) is 0 Å². The topological polar surface area (TPSA) is 38.8 Å². The highest BCUT2D eigenvalue weighted by molar-refractivity contribution is 5.78. The van der Waals surface area contributed by atoms with Gasteiger partial charge in [-0.05, 0) is 58.3 Å². The molecule has 0 aromatic heterocycles. The Morgan fingerprint density at radius 3 is 2.67 bits per heavy atom. The summed E-state index contributed by atoms with van der Waals surface area (Å²) in [6, 6.07) is 0.621. The summed E-state index contributed by atoms with van der Waals surface area (Å²) in [6.45, 7) is 9.20. The number of hydrogen-bond acceptors (Lipinski definition) is 4. The van der Waals surface area contributed by atoms with Crippen molar-refractivity contribution >= 4 is 5.91 Å². The van der Waals surface area contributed by atoms with Crippen LogP contribution in [0, 0.1) is 0 Å². The first-order chi connectivity index (χ1) is 10.3. The third-order valence-corrected chi connectivity index (χ3v) is 5.20. The van der Waals surface area contributed by atoms with Crippen molar-refractivity contribution in [3.63, 3.8) is 0 Å². The number of piperidine rings is 1. The Labute approximate surface area is 128 Å². The van der Waals surface area contributed by atoms with E-state index in [1.165, 1.54) is 38.8 Å². The van der Waals surface area contributed by atoms with Gasteiger partial charge in [-0.1, -0.05) is 0 Å². The van der Waals surface area contributed by atoms with Gasteiger partial charge < -0.3 is 10.2 Å². The summed E-state index contributed by atoms with van der Waals surface area (Å²) >= 11 is 0. The average Bonchev–Trinajstić information content (AvgIpc) is 2.93. The first kappa shape index (κ1) is 15.3. The Bertz CT molecular complexity index is 335. The normalized spacial score (nSPS) is 29.5. The van der Waals surface area contributed by atoms with E-state index in [1.807, 2.05) is 0 Å². The maximum Gasteiger partial charge on any atom is 0.236 e. The standard InChI is InChI=1S/C16H30N4O/c21-16(14-18-8-4-6-17-7-12-18)20-11-3-5-15(13-20)19-9-1-2-10-19/h15,17H,1-14H2. The summed E-state index contributed by atoms with van der Waals surface area (Å²) < 4.78 is 0. The SMILES string of the molecule is O=C(CN1CCCNCC1)N1CCCC(N2CCCC2)C1. The van der Waals surface area contributed by atoms with E-state index >= 15 is 0 Å². The number of amides is 1. The van der Waals surface area contributed by atoms with Crippen LogP contribution < -0.4 is 5.32 Å². The lowest BCUT2D eigenvalue weighted by molar-refractivity contribution is -0.134. The Balaban J connectivity index is 1.49. The maximum absolute atomic E-state index is 12.6. The number of nitrogens with one attached hydrogen (secondary N) is 1. The van der Waals surface area contributed by atoms with Crippen LogP contribution in [-0.4, -0.2) is 85.6 Å². The minimum absolute atomic E-state index is 0.348. The minimum atomic E-state index is 0.348. The van der Waals surface area contributed by atoms with Crippen LogP contribution in [0.1, 0.15) is 32.1 Å². The molecule has 0 radical (unpaired) electrons. The van der Waals surface area contributed by atoms with Gasteiger partial charge in [-0.2, -0.15) is 0 Å². The number of nitrogens with zero attached hydrogens (tertiary/aromatic N) is 3. The lowest BCUT2D eigenvalue weighted by atomic mass is 10.0. The van der Waals surface area contributed by atoms with E-state index < -0.39 is 0 Å². The van der Waals surface area contributed by atoms with E-state index in [9.17, 15) is 4.79 Å². The van der Waals surface area contributed by atoms with E-state index in [0.717, 1.165) is 45.7 Å². The molecule has 1 atom stereocenters. The van der Waals surface area contributed by atoms with Crippen LogP contribution >= 0.6 is 0 Å². The second-order valence-corrected chi connectivity index (χ2v) is 6.76. The number of hydrogen-bond donors (Lipinski definition) is 1. The fourth-order valence-corrected chi connectivity index (χ4v) is 3.94. The second kappa shape index (κ2) is 7.56. The van der Waals surface area contributed by atoms with Gasteiger partial charge in [-0.25, -0.2) is 0 Å². The third-order valence-electron chi connectivity index (χ3n) is 5.20. The number of carbonyl (C=O) groups excluding carboxylic acids is 1. The molecule has 3 heterocycles. The van der Waals surface area contributed by atoms with Crippen molar-refractivity contribution in [1.82, 2.24) is 20.0 Å². The smallest absolute Gasteiger partial charge is 0.236 e. The maximum atomic E-state index is 12.6. The lowest BCUT2D eigenvalue weighted by Crippen LogP contribution is -2.51. The lowest BCUT2D eigenvalue weighted by Gasteiger charge is -2.38. The first-order valence-electron chi connectivity index (χ1n) is 8.78. The molecule has 3 fully saturated rings. The van der Waals surface area contributed by atoms with Crippen molar-refractivity contribution in [2.24, 2.45) is 0 Å². The van der Waals surface area contributed by atoms with Gasteiger partial charge in [0.2, 0.25) is 5.91 Å². The van der Waals surface area contributed by atoms with E-state index in [2.05, 4.69) is 20.0 Å². The molecule has 3 rings (SSSR count). The van der Waals surface area contributed by atoms with Crippen molar-refractivity contribution < 1.29 is 4.79 Å². The predicted molar refractivity (Wildman–Crippen MR) is 84.3 cm³/mol. The Morgan fingerprint density at radius 1 is 0.952 bits per heavy atom. The molecule has 120 valence electrons. The zero-order valence-corrected chi connectivity index (χ0v) is 13.2. The quantitative estimate of drug-likeness (QED) is 0.816. The fourth-order valence-electron chi connectivity index (χ4n) is 3.94. The number of likely N-dealkylation sites (tertiary alicyclic amines) is 2. The molecular formula is C16H30N4O. The van der Waals surface area contributed by atoms with Gasteiger partial charge in [-0.3, -0.25) is 14.6 Å². The summed E-state index contributed by atoms with van der Waals surface area (Å²) in [6.07, 6.45) is 6.28. The zero-order chi connectivity index (χ0) is 14.5. The van der Waals surface area contributed by atoms with Crippen LogP contribution in [0.25, 0.3) is 0 Å². The van der Waals surface area contributed by atoms with Gasteiger partial charge in [0, 0.05) is 32.2 Å². The van der Waals surface area contributed by atoms with Crippen molar-refractivity contribution in [2.75, 3.05) is 58.9 Å². The molecule has 1 N–H and O–H groups in total. The molecule has 1 amide bonds. The molecule has 1 unspecified atom stereocenters. The predicted octanol–water partition coefficient (Wildman–Crippen LogP) is 0.369. The fraction of sp³-hybridized carbons (Fsp3) is 0.938. The van der Waals surface area contributed by atoms with Crippen LogP contribution in [0.4, 0.5) is 0 Å². The summed E-state index contributed by atoms with van der Waals surface area (Å²) in [5.74, 6) is 0.348. The van der Waals surface area contributed by atoms with Gasteiger partial charge in [0.15, 0.2) is 0 Å². The van der Waals surface area contributed by atoms with E-state index in [0.29, 0.717) is 18.5 Å². The molecule has 5 heteroatoms. The van der Waals surface area contributed by atoms with Crippen LogP contribution in [0.3, 0.4) is 0 Å². The van der Waals surface area contributed by atoms with Crippen molar-refractivity contribution in [1.29, 1.82) is 0 Å². The molecule has 3 aliphatic rings. The third kappa shape index (κ3) is 4.18. The molecule has 5 nitrogen and oxygen atoms in total. The van der Waals surface area contributed by atoms with Crippen molar-refractivity contribution in [2.45, 2.75) is 38.1 Å². The average molecular weight is 294 g/mol. The molecule has 0 aliphatic carbocycles. The van der Waals surface area contributed by atoms with Crippen LogP contribution in [-0.2, 0) is 4.79 Å². The highest BCUT2D eigenvalue weighted by Crippen LogP contribution is 2.20. The summed E-state index contributed by atoms with van der Waals surface area (Å²) in [4.78, 5) is 19.6. The molecule has 0 aromatic rings. The summed E-state index contributed by atoms with van der Waals surface area (Å²) in [5.41, 5.74) is 0. The molecule has 3 saturated heterocycles. The van der Waals surface area contributed by atoms with E-state index in [1.54, 1.807) is 0 Å². The zero-order valence-electron chi connectivity index (χ0n) is 13.2. The molecule has 0 bridgehead atoms. The van der Waals surface area contributed by atoms with E-state index in [-0.39, 0.29) is 0 Å². The van der Waals surface area contributed by atoms with E-state index in [4.69, 9.17) is 0 Å². The second-order valence-electron chi connectivity index (χ2n) is 6.76. The Morgan fingerprint density at radius 2 is 1.81 bits per heavy atom. The van der Waals surface area contributed by atoms with Crippen molar-refractivity contribution in [3.8, 4) is 0 Å². The Kier molecular flexibility index (Phi) is 5.49. The first-order valence-corrected chi connectivity index (χ1v) is 8.78. The van der Waals surface area contributed by atoms with Gasteiger partial charge in [-0.15, -0.1) is 0 Å². The van der Waals surface area contributed by atoms with Crippen LogP contribution in [0.2, 0.25) is 0 Å². The number of rotatable bonds is 3.